The van der Waals surface area contributed by atoms with Crippen LogP contribution in [0.5, 0.6) is 5.75 Å². The fraction of sp³-hybridized carbons (Fsp3) is 0.500. The summed E-state index contributed by atoms with van der Waals surface area (Å²) in [6.07, 6.45) is 4.59. The zero-order chi connectivity index (χ0) is 12.4. The van der Waals surface area contributed by atoms with Crippen molar-refractivity contribution in [3.63, 3.8) is 0 Å². The van der Waals surface area contributed by atoms with E-state index in [0.29, 0.717) is 0 Å². The van der Waals surface area contributed by atoms with Crippen molar-refractivity contribution in [2.45, 2.75) is 25.7 Å². The van der Waals surface area contributed by atoms with Gasteiger partial charge >= 0.3 is 0 Å². The second-order valence-corrected chi connectivity index (χ2v) is 5.38. The summed E-state index contributed by atoms with van der Waals surface area (Å²) in [5.74, 6) is 1.09. The van der Waals surface area contributed by atoms with E-state index in [1.54, 1.807) is 0 Å². The summed E-state index contributed by atoms with van der Waals surface area (Å²) in [5.41, 5.74) is 4.25. The van der Waals surface area contributed by atoms with Crippen molar-refractivity contribution in [3.05, 3.63) is 41.5 Å². The lowest BCUT2D eigenvalue weighted by Crippen LogP contribution is -2.32. The Balaban J connectivity index is 0.00000133. The molecule has 0 atom stereocenters. The molecule has 1 saturated heterocycles. The number of nitrogens with zero attached hydrogens (tertiary/aromatic N) is 1. The Kier molecular flexibility index (Phi) is 4.89. The summed E-state index contributed by atoms with van der Waals surface area (Å²) in [7, 11) is 0. The van der Waals surface area contributed by atoms with Crippen LogP contribution in [0.25, 0.3) is 0 Å². The number of rotatable bonds is 3. The van der Waals surface area contributed by atoms with E-state index >= 15 is 0 Å². The molecule has 1 aromatic carbocycles. The van der Waals surface area contributed by atoms with Crippen LogP contribution in [0, 0.1) is 0 Å². The Hall–Kier alpha value is -0.990. The molecule has 0 bridgehead atoms. The number of benzene rings is 1. The van der Waals surface area contributed by atoms with E-state index < -0.39 is 0 Å². The largest absolute Gasteiger partial charge is 0.493 e. The lowest BCUT2D eigenvalue weighted by molar-refractivity contribution is 0.260. The molecule has 0 aliphatic carbocycles. The molecule has 0 radical (unpaired) electrons. The van der Waals surface area contributed by atoms with Crippen LogP contribution in [-0.2, 0) is 12.8 Å². The van der Waals surface area contributed by atoms with Gasteiger partial charge in [0.2, 0.25) is 0 Å². The molecule has 1 fully saturated rings. The third kappa shape index (κ3) is 3.52. The summed E-state index contributed by atoms with van der Waals surface area (Å²) < 4.78 is 5.54. The van der Waals surface area contributed by atoms with Crippen LogP contribution in [0.15, 0.2) is 30.4 Å². The first-order valence-electron chi connectivity index (χ1n) is 6.95. The molecule has 3 rings (SSSR count). The molecular formula is C16H22ClNO. The standard InChI is InChI=1S/C16H21NO.ClH/c1-13-4-8-17(9-5-13)10-6-14-2-3-16-15(12-14)7-11-18-16;/h2-3,12H,1,4-11H2;1H. The van der Waals surface area contributed by atoms with Gasteiger partial charge in [0.05, 0.1) is 6.61 Å². The first-order chi connectivity index (χ1) is 8.81. The van der Waals surface area contributed by atoms with Crippen LogP contribution in [0.4, 0.5) is 0 Å². The van der Waals surface area contributed by atoms with Gasteiger partial charge in [-0.05, 0) is 36.5 Å². The number of hydrogen-bond donors (Lipinski definition) is 0. The molecule has 0 N–H and O–H groups in total. The van der Waals surface area contributed by atoms with Crippen LogP contribution in [-0.4, -0.2) is 31.1 Å². The lowest BCUT2D eigenvalue weighted by atomic mass is 10.0. The van der Waals surface area contributed by atoms with Gasteiger partial charge in [0.25, 0.3) is 0 Å². The van der Waals surface area contributed by atoms with Gasteiger partial charge in [-0.25, -0.2) is 0 Å². The first kappa shape index (κ1) is 14.4. The summed E-state index contributed by atoms with van der Waals surface area (Å²) >= 11 is 0. The monoisotopic (exact) mass is 279 g/mol. The lowest BCUT2D eigenvalue weighted by Gasteiger charge is -2.27. The van der Waals surface area contributed by atoms with Crippen LogP contribution in [0.2, 0.25) is 0 Å². The Morgan fingerprint density at radius 2 is 1.95 bits per heavy atom. The summed E-state index contributed by atoms with van der Waals surface area (Å²) in [5, 5.41) is 0. The Bertz CT molecular complexity index is 448. The summed E-state index contributed by atoms with van der Waals surface area (Å²) in [4.78, 5) is 2.55. The van der Waals surface area contributed by atoms with E-state index in [9.17, 15) is 0 Å². The van der Waals surface area contributed by atoms with E-state index in [2.05, 4.69) is 29.7 Å². The van der Waals surface area contributed by atoms with Crippen molar-refractivity contribution < 1.29 is 4.74 Å². The Morgan fingerprint density at radius 1 is 1.16 bits per heavy atom. The molecule has 0 amide bonds. The molecule has 3 heteroatoms. The first-order valence-corrected chi connectivity index (χ1v) is 6.95. The molecule has 2 aliphatic heterocycles. The number of hydrogen-bond acceptors (Lipinski definition) is 2. The maximum atomic E-state index is 5.54. The van der Waals surface area contributed by atoms with Gasteiger partial charge in [0.15, 0.2) is 0 Å². The normalized spacial score (nSPS) is 18.6. The van der Waals surface area contributed by atoms with Crippen LogP contribution in [0.1, 0.15) is 24.0 Å². The molecule has 104 valence electrons. The molecule has 0 spiro atoms. The number of halogens is 1. The molecule has 0 unspecified atom stereocenters. The highest BCUT2D eigenvalue weighted by molar-refractivity contribution is 5.85. The van der Waals surface area contributed by atoms with Gasteiger partial charge in [-0.3, -0.25) is 0 Å². The third-order valence-electron chi connectivity index (χ3n) is 4.03. The van der Waals surface area contributed by atoms with E-state index in [1.807, 2.05) is 0 Å². The van der Waals surface area contributed by atoms with Gasteiger partial charge in [0, 0.05) is 26.1 Å². The molecule has 2 nitrogen and oxygen atoms in total. The molecular weight excluding hydrogens is 258 g/mol. The fourth-order valence-electron chi connectivity index (χ4n) is 2.78. The van der Waals surface area contributed by atoms with Crippen LogP contribution >= 0.6 is 12.4 Å². The Labute approximate surface area is 121 Å². The summed E-state index contributed by atoms with van der Waals surface area (Å²) in [6.45, 7) is 8.47. The molecule has 2 aliphatic rings. The van der Waals surface area contributed by atoms with Gasteiger partial charge in [-0.15, -0.1) is 12.4 Å². The minimum Gasteiger partial charge on any atom is -0.493 e. The number of fused-ring (bicyclic) bond motifs is 1. The average Bonchev–Trinajstić information content (AvgIpc) is 2.85. The summed E-state index contributed by atoms with van der Waals surface area (Å²) in [6, 6.07) is 6.67. The van der Waals surface area contributed by atoms with E-state index in [4.69, 9.17) is 4.74 Å². The van der Waals surface area contributed by atoms with Crippen LogP contribution in [0.3, 0.4) is 0 Å². The van der Waals surface area contributed by atoms with Crippen molar-refractivity contribution in [1.29, 1.82) is 0 Å². The van der Waals surface area contributed by atoms with E-state index in [1.165, 1.54) is 49.2 Å². The van der Waals surface area contributed by atoms with Gasteiger partial charge in [-0.1, -0.05) is 24.3 Å². The molecule has 1 aromatic rings. The van der Waals surface area contributed by atoms with Crippen molar-refractivity contribution in [3.8, 4) is 5.75 Å². The molecule has 19 heavy (non-hydrogen) atoms. The van der Waals surface area contributed by atoms with Crippen molar-refractivity contribution in [2.24, 2.45) is 0 Å². The molecule has 2 heterocycles. The van der Waals surface area contributed by atoms with E-state index in [-0.39, 0.29) is 12.4 Å². The number of ether oxygens (including phenoxy) is 1. The maximum absolute atomic E-state index is 5.54. The Morgan fingerprint density at radius 3 is 2.74 bits per heavy atom. The third-order valence-corrected chi connectivity index (χ3v) is 4.03. The second kappa shape index (κ2) is 6.44. The van der Waals surface area contributed by atoms with Crippen molar-refractivity contribution >= 4 is 12.4 Å². The predicted molar refractivity (Wildman–Crippen MR) is 81.4 cm³/mol. The minimum atomic E-state index is 0. The highest BCUT2D eigenvalue weighted by Crippen LogP contribution is 2.26. The van der Waals surface area contributed by atoms with Gasteiger partial charge in [0.1, 0.15) is 5.75 Å². The van der Waals surface area contributed by atoms with Crippen LogP contribution < -0.4 is 4.74 Å². The second-order valence-electron chi connectivity index (χ2n) is 5.38. The predicted octanol–water partition coefficient (Wildman–Crippen LogP) is 3.24. The highest BCUT2D eigenvalue weighted by atomic mass is 35.5. The zero-order valence-corrected chi connectivity index (χ0v) is 12.2. The fourth-order valence-corrected chi connectivity index (χ4v) is 2.78. The SMILES string of the molecule is C=C1CCN(CCc2ccc3c(c2)CCO3)CC1.Cl. The zero-order valence-electron chi connectivity index (χ0n) is 11.4. The molecule has 0 aromatic heterocycles. The highest BCUT2D eigenvalue weighted by Gasteiger charge is 2.14. The van der Waals surface area contributed by atoms with E-state index in [0.717, 1.165) is 25.2 Å². The topological polar surface area (TPSA) is 12.5 Å². The van der Waals surface area contributed by atoms with Gasteiger partial charge in [-0.2, -0.15) is 0 Å². The van der Waals surface area contributed by atoms with Gasteiger partial charge < -0.3 is 9.64 Å². The maximum Gasteiger partial charge on any atom is 0.122 e. The average molecular weight is 280 g/mol. The smallest absolute Gasteiger partial charge is 0.122 e. The number of piperidine rings is 1. The van der Waals surface area contributed by atoms with Crippen molar-refractivity contribution in [1.82, 2.24) is 4.90 Å². The number of likely N-dealkylation sites (tertiary alicyclic amines) is 1. The quantitative estimate of drug-likeness (QED) is 0.788. The minimum absolute atomic E-state index is 0. The van der Waals surface area contributed by atoms with Crippen molar-refractivity contribution in [2.75, 3.05) is 26.2 Å². The molecule has 0 saturated carbocycles.